The van der Waals surface area contributed by atoms with Gasteiger partial charge in [-0.1, -0.05) is 12.1 Å². The van der Waals surface area contributed by atoms with E-state index in [1.165, 1.54) is 0 Å². The Balaban J connectivity index is 2.06. The van der Waals surface area contributed by atoms with Gasteiger partial charge in [-0.05, 0) is 31.5 Å². The predicted octanol–water partition coefficient (Wildman–Crippen LogP) is 2.10. The lowest BCUT2D eigenvalue weighted by Crippen LogP contribution is -2.24. The van der Waals surface area contributed by atoms with E-state index < -0.39 is 0 Å². The van der Waals surface area contributed by atoms with E-state index in [9.17, 15) is 0 Å². The van der Waals surface area contributed by atoms with Crippen LogP contribution >= 0.6 is 0 Å². The summed E-state index contributed by atoms with van der Waals surface area (Å²) in [6.07, 6.45) is 1.69. The first kappa shape index (κ1) is 13.2. The fourth-order valence-corrected chi connectivity index (χ4v) is 2.08. The number of nitriles is 1. The van der Waals surface area contributed by atoms with E-state index in [1.807, 2.05) is 35.9 Å². The number of hydrogen-bond acceptors (Lipinski definition) is 4. The van der Waals surface area contributed by atoms with E-state index in [0.717, 1.165) is 11.4 Å². The molecule has 1 aromatic heterocycles. The molecule has 2 unspecified atom stereocenters. The Morgan fingerprint density at radius 1 is 1.21 bits per heavy atom. The summed E-state index contributed by atoms with van der Waals surface area (Å²) in [7, 11) is 1.93. The first-order chi connectivity index (χ1) is 9.11. The minimum atomic E-state index is 0.109. The molecule has 1 aromatic carbocycles. The Morgan fingerprint density at radius 2 is 1.89 bits per heavy atom. The first-order valence-corrected chi connectivity index (χ1v) is 6.22. The molecule has 0 aliphatic carbocycles. The van der Waals surface area contributed by atoms with Crippen LogP contribution in [0.1, 0.15) is 42.9 Å². The standard InChI is InChI=1S/C14H17N5/c1-10(13-6-4-12(8-15)5-7-13)17-11(2)14-18-16-9-19(14)3/h4-7,9-11,17H,1-3H3. The van der Waals surface area contributed by atoms with Crippen LogP contribution in [0.25, 0.3) is 0 Å². The Kier molecular flexibility index (Phi) is 3.93. The summed E-state index contributed by atoms with van der Waals surface area (Å²) < 4.78 is 1.91. The molecule has 0 saturated carbocycles. The van der Waals surface area contributed by atoms with E-state index in [-0.39, 0.29) is 12.1 Å². The van der Waals surface area contributed by atoms with Crippen molar-refractivity contribution in [3.8, 4) is 6.07 Å². The Bertz CT molecular complexity index is 579. The third-order valence-corrected chi connectivity index (χ3v) is 3.17. The largest absolute Gasteiger partial charge is 0.319 e. The lowest BCUT2D eigenvalue weighted by Gasteiger charge is -2.19. The molecule has 0 amide bonds. The van der Waals surface area contributed by atoms with E-state index in [1.54, 1.807) is 6.33 Å². The number of rotatable bonds is 4. The van der Waals surface area contributed by atoms with Crippen molar-refractivity contribution in [1.29, 1.82) is 5.26 Å². The molecular formula is C14H17N5. The van der Waals surface area contributed by atoms with Gasteiger partial charge in [0.1, 0.15) is 12.2 Å². The van der Waals surface area contributed by atoms with E-state index in [2.05, 4.69) is 35.4 Å². The van der Waals surface area contributed by atoms with Crippen LogP contribution in [-0.2, 0) is 7.05 Å². The minimum absolute atomic E-state index is 0.109. The molecule has 1 heterocycles. The summed E-state index contributed by atoms with van der Waals surface area (Å²) in [4.78, 5) is 0. The van der Waals surface area contributed by atoms with Crippen LogP contribution in [0.2, 0.25) is 0 Å². The Morgan fingerprint density at radius 3 is 2.42 bits per heavy atom. The van der Waals surface area contributed by atoms with Crippen LogP contribution in [0.3, 0.4) is 0 Å². The zero-order valence-corrected chi connectivity index (χ0v) is 11.3. The predicted molar refractivity (Wildman–Crippen MR) is 72.1 cm³/mol. The summed E-state index contributed by atoms with van der Waals surface area (Å²) >= 11 is 0. The van der Waals surface area contributed by atoms with Gasteiger partial charge in [0.25, 0.3) is 0 Å². The third kappa shape index (κ3) is 2.98. The van der Waals surface area contributed by atoms with Gasteiger partial charge in [0.05, 0.1) is 17.7 Å². The molecule has 2 aromatic rings. The van der Waals surface area contributed by atoms with Gasteiger partial charge in [-0.2, -0.15) is 5.26 Å². The molecular weight excluding hydrogens is 238 g/mol. The molecule has 1 N–H and O–H groups in total. The third-order valence-electron chi connectivity index (χ3n) is 3.17. The van der Waals surface area contributed by atoms with Crippen molar-refractivity contribution >= 4 is 0 Å². The van der Waals surface area contributed by atoms with E-state index >= 15 is 0 Å². The molecule has 98 valence electrons. The van der Waals surface area contributed by atoms with Crippen molar-refractivity contribution in [2.45, 2.75) is 25.9 Å². The minimum Gasteiger partial charge on any atom is -0.319 e. The maximum absolute atomic E-state index is 8.78. The van der Waals surface area contributed by atoms with Gasteiger partial charge < -0.3 is 9.88 Å². The first-order valence-electron chi connectivity index (χ1n) is 6.22. The lowest BCUT2D eigenvalue weighted by atomic mass is 10.1. The molecule has 0 saturated heterocycles. The zero-order valence-electron chi connectivity index (χ0n) is 11.3. The Hall–Kier alpha value is -2.19. The van der Waals surface area contributed by atoms with Crippen LogP contribution in [-0.4, -0.2) is 14.8 Å². The maximum atomic E-state index is 8.78. The summed E-state index contributed by atoms with van der Waals surface area (Å²) in [5.41, 5.74) is 1.82. The summed E-state index contributed by atoms with van der Waals surface area (Å²) in [5.74, 6) is 0.903. The highest BCUT2D eigenvalue weighted by molar-refractivity contribution is 5.32. The van der Waals surface area contributed by atoms with Gasteiger partial charge in [0, 0.05) is 13.1 Å². The maximum Gasteiger partial charge on any atom is 0.149 e. The second kappa shape index (κ2) is 5.63. The molecule has 5 heteroatoms. The molecule has 2 atom stereocenters. The number of hydrogen-bond donors (Lipinski definition) is 1. The van der Waals surface area contributed by atoms with E-state index in [0.29, 0.717) is 5.56 Å². The van der Waals surface area contributed by atoms with Gasteiger partial charge in [0.15, 0.2) is 0 Å². The monoisotopic (exact) mass is 255 g/mol. The number of aryl methyl sites for hydroxylation is 1. The van der Waals surface area contributed by atoms with Crippen LogP contribution in [0, 0.1) is 11.3 Å². The van der Waals surface area contributed by atoms with Gasteiger partial charge in [-0.3, -0.25) is 0 Å². The van der Waals surface area contributed by atoms with Crippen molar-refractivity contribution in [3.63, 3.8) is 0 Å². The fourth-order valence-electron chi connectivity index (χ4n) is 2.08. The lowest BCUT2D eigenvalue weighted by molar-refractivity contribution is 0.466. The van der Waals surface area contributed by atoms with Crippen LogP contribution in [0.15, 0.2) is 30.6 Å². The van der Waals surface area contributed by atoms with Gasteiger partial charge in [0.2, 0.25) is 0 Å². The average molecular weight is 255 g/mol. The molecule has 0 radical (unpaired) electrons. The van der Waals surface area contributed by atoms with Crippen LogP contribution < -0.4 is 5.32 Å². The number of aromatic nitrogens is 3. The molecule has 0 aliphatic rings. The molecule has 0 aliphatic heterocycles. The summed E-state index contributed by atoms with van der Waals surface area (Å²) in [6, 6.07) is 10.0. The highest BCUT2D eigenvalue weighted by atomic mass is 15.3. The number of benzene rings is 1. The normalized spacial score (nSPS) is 13.8. The van der Waals surface area contributed by atoms with E-state index in [4.69, 9.17) is 5.26 Å². The van der Waals surface area contributed by atoms with Gasteiger partial charge in [-0.25, -0.2) is 0 Å². The smallest absolute Gasteiger partial charge is 0.149 e. The molecule has 19 heavy (non-hydrogen) atoms. The second-order valence-electron chi connectivity index (χ2n) is 4.64. The van der Waals surface area contributed by atoms with Crippen molar-refractivity contribution in [1.82, 2.24) is 20.1 Å². The molecule has 0 bridgehead atoms. The fraction of sp³-hybridized carbons (Fsp3) is 0.357. The van der Waals surface area contributed by atoms with Crippen molar-refractivity contribution < 1.29 is 0 Å². The quantitative estimate of drug-likeness (QED) is 0.908. The highest BCUT2D eigenvalue weighted by Gasteiger charge is 2.14. The molecule has 0 fully saturated rings. The second-order valence-corrected chi connectivity index (χ2v) is 4.64. The van der Waals surface area contributed by atoms with Crippen molar-refractivity contribution in [2.24, 2.45) is 7.05 Å². The number of nitrogens with one attached hydrogen (secondary N) is 1. The van der Waals surface area contributed by atoms with Crippen molar-refractivity contribution in [2.75, 3.05) is 0 Å². The van der Waals surface area contributed by atoms with Crippen LogP contribution in [0.4, 0.5) is 0 Å². The molecule has 5 nitrogen and oxygen atoms in total. The SMILES string of the molecule is CC(NC(C)c1nncn1C)c1ccc(C#N)cc1. The van der Waals surface area contributed by atoms with Gasteiger partial charge in [-0.15, -0.1) is 10.2 Å². The Labute approximate surface area is 112 Å². The van der Waals surface area contributed by atoms with Gasteiger partial charge >= 0.3 is 0 Å². The molecule has 2 rings (SSSR count). The molecule has 0 spiro atoms. The average Bonchev–Trinajstić information content (AvgIpc) is 2.85. The summed E-state index contributed by atoms with van der Waals surface area (Å²) in [6.45, 7) is 4.15. The highest BCUT2D eigenvalue weighted by Crippen LogP contribution is 2.18. The summed E-state index contributed by atoms with van der Waals surface area (Å²) in [5, 5.41) is 20.2. The van der Waals surface area contributed by atoms with Crippen LogP contribution in [0.5, 0.6) is 0 Å². The number of nitrogens with zero attached hydrogens (tertiary/aromatic N) is 4. The van der Waals surface area contributed by atoms with Crippen molar-refractivity contribution in [3.05, 3.63) is 47.5 Å². The zero-order chi connectivity index (χ0) is 13.8. The topological polar surface area (TPSA) is 66.5 Å².